The van der Waals surface area contributed by atoms with E-state index in [9.17, 15) is 0 Å². The molecule has 1 radical (unpaired) electrons. The van der Waals surface area contributed by atoms with Crippen molar-refractivity contribution in [1.29, 1.82) is 0 Å². The molecule has 9 rings (SSSR count). The molecule has 0 saturated heterocycles. The Kier molecular flexibility index (Phi) is 13.8. The molecule has 323 valence electrons. The molecule has 63 heavy (non-hydrogen) atoms. The van der Waals surface area contributed by atoms with Crippen LogP contribution in [0.25, 0.3) is 72.4 Å². The van der Waals surface area contributed by atoms with Crippen LogP contribution in [0.2, 0.25) is 17.3 Å². The van der Waals surface area contributed by atoms with Crippen molar-refractivity contribution >= 4 is 50.6 Å². The van der Waals surface area contributed by atoms with Crippen molar-refractivity contribution in [3.63, 3.8) is 0 Å². The van der Waals surface area contributed by atoms with Gasteiger partial charge in [-0.3, -0.25) is 9.97 Å². The summed E-state index contributed by atoms with van der Waals surface area (Å²) in [4.78, 5) is 14.6. The van der Waals surface area contributed by atoms with Crippen LogP contribution in [-0.4, -0.2) is 32.8 Å². The summed E-state index contributed by atoms with van der Waals surface area (Å²) in [5.74, 6) is 9.41. The maximum Gasteiger partial charge on any atom is 0.142 e. The van der Waals surface area contributed by atoms with E-state index in [1.807, 2.05) is 38.1 Å². The van der Waals surface area contributed by atoms with Crippen molar-refractivity contribution in [2.75, 3.05) is 0 Å². The minimum absolute atomic E-state index is 0. The zero-order valence-corrected chi connectivity index (χ0v) is 43.0. The van der Waals surface area contributed by atoms with Crippen molar-refractivity contribution in [1.82, 2.24) is 19.5 Å². The van der Waals surface area contributed by atoms with Gasteiger partial charge in [-0.1, -0.05) is 81.1 Å². The molecular weight excluding hydrogens is 1010 g/mol. The van der Waals surface area contributed by atoms with E-state index in [-0.39, 0.29) is 31.9 Å². The number of benzene rings is 5. The molecule has 0 atom stereocenters. The first-order valence-corrected chi connectivity index (χ1v) is 29.4. The summed E-state index contributed by atoms with van der Waals surface area (Å²) in [5, 5.41) is 2.13. The Bertz CT molecular complexity index is 3000. The van der Waals surface area contributed by atoms with Gasteiger partial charge in [-0.25, -0.2) is 0 Å². The van der Waals surface area contributed by atoms with Crippen LogP contribution in [0.3, 0.4) is 0 Å². The fraction of sp³-hybridized carbons (Fsp3) is 0.268. The summed E-state index contributed by atoms with van der Waals surface area (Å²) in [6, 6.07) is 47.2. The van der Waals surface area contributed by atoms with Gasteiger partial charge in [0.15, 0.2) is 0 Å². The summed E-state index contributed by atoms with van der Waals surface area (Å²) in [6.07, 6.45) is 3.27. The van der Waals surface area contributed by atoms with Gasteiger partial charge in [0.05, 0.1) is 28.1 Å². The van der Waals surface area contributed by atoms with Gasteiger partial charge in [-0.05, 0) is 78.3 Å². The van der Waals surface area contributed by atoms with Crippen molar-refractivity contribution in [2.24, 2.45) is 5.92 Å². The van der Waals surface area contributed by atoms with Crippen molar-refractivity contribution < 1.29 is 24.5 Å². The standard InChI is InChI=1S/C38H34N3O.C18H24GeN.Ir/c1-22(2)30-20-27(26-13-8-7-9-14-26)21-31(23(3)4)35(30)41-34-18-11-10-17-33(34)40-38(41)29-16-12-15-28-32-19-24(5)39-25(6)36(32)42-37(28)29;1-14(2)11-16-12-18(15-9-7-6-8-10-15)20-13-17(16)19(3,4)5;/h7-15,17-23H,1-6H3;6-9,12-14H,11H2,1-5H3;/q2*-1;. The summed E-state index contributed by atoms with van der Waals surface area (Å²) >= 11 is -1.86. The molecule has 0 unspecified atom stereocenters. The second-order valence-electron chi connectivity index (χ2n) is 18.7. The van der Waals surface area contributed by atoms with Crippen molar-refractivity contribution in [3.05, 3.63) is 162 Å². The SMILES string of the molecule is CC(C)Cc1cc(-c2[c-]cccc2)nc[c]1[Ge]([CH3])([CH3])[CH3].Cc1cc2c(oc3c(-c4nc5ccccc5n4-c4c(C(C)C)cc(-c5ccccc5)cc4C(C)C)[c-]ccc32)c(C)n1.[Ir]. The molecule has 0 amide bonds. The molecule has 0 bridgehead atoms. The molecule has 0 aliphatic rings. The van der Waals surface area contributed by atoms with E-state index in [0.29, 0.717) is 5.92 Å². The van der Waals surface area contributed by atoms with Crippen LogP contribution in [0.1, 0.15) is 81.5 Å². The maximum absolute atomic E-state index is 6.60. The van der Waals surface area contributed by atoms with Crippen molar-refractivity contribution in [2.45, 2.75) is 90.9 Å². The van der Waals surface area contributed by atoms with Crippen LogP contribution in [0.15, 0.2) is 126 Å². The Morgan fingerprint density at radius 2 is 1.37 bits per heavy atom. The largest absolute Gasteiger partial charge is 0.499 e. The Morgan fingerprint density at radius 1 is 0.683 bits per heavy atom. The number of para-hydroxylation sites is 2. The van der Waals surface area contributed by atoms with Crippen LogP contribution in [-0.2, 0) is 26.5 Å². The molecule has 5 nitrogen and oxygen atoms in total. The Hall–Kier alpha value is -5.14. The quantitative estimate of drug-likeness (QED) is 0.107. The van der Waals surface area contributed by atoms with Gasteiger partial charge >= 0.3 is 126 Å². The first-order chi connectivity index (χ1) is 29.7. The number of rotatable bonds is 9. The molecule has 0 fully saturated rings. The Labute approximate surface area is 390 Å². The molecule has 9 aromatic rings. The zero-order valence-electron chi connectivity index (χ0n) is 38.5. The summed E-state index contributed by atoms with van der Waals surface area (Å²) < 4.78 is 10.5. The maximum atomic E-state index is 6.60. The number of hydrogen-bond donors (Lipinski definition) is 0. The molecule has 0 aliphatic heterocycles. The summed E-state index contributed by atoms with van der Waals surface area (Å²) in [7, 11) is 0. The fourth-order valence-corrected chi connectivity index (χ4v) is 12.1. The van der Waals surface area contributed by atoms with Gasteiger partial charge in [0.25, 0.3) is 0 Å². The molecule has 0 spiro atoms. The van der Waals surface area contributed by atoms with E-state index in [4.69, 9.17) is 14.4 Å². The first-order valence-electron chi connectivity index (χ1n) is 22.1. The average molecular weight is 1070 g/mol. The van der Waals surface area contributed by atoms with Gasteiger partial charge in [0.1, 0.15) is 5.58 Å². The van der Waals surface area contributed by atoms with Gasteiger partial charge in [0.2, 0.25) is 0 Å². The monoisotopic (exact) mass is 1070 g/mol. The molecule has 7 heteroatoms. The average Bonchev–Trinajstić information content (AvgIpc) is 3.82. The number of nitrogens with zero attached hydrogens (tertiary/aromatic N) is 4. The fourth-order valence-electron chi connectivity index (χ4n) is 8.73. The molecular formula is C56H58GeIrN4O-2. The predicted molar refractivity (Wildman–Crippen MR) is 264 cm³/mol. The van der Waals surface area contributed by atoms with E-state index < -0.39 is 13.3 Å². The van der Waals surface area contributed by atoms with E-state index >= 15 is 0 Å². The number of fused-ring (bicyclic) bond motifs is 4. The van der Waals surface area contributed by atoms with Crippen LogP contribution in [0, 0.1) is 31.9 Å². The summed E-state index contributed by atoms with van der Waals surface area (Å²) in [5.41, 5.74) is 16.2. The normalized spacial score (nSPS) is 11.8. The number of aryl methyl sites for hydroxylation is 2. The van der Waals surface area contributed by atoms with Gasteiger partial charge in [-0.15, -0.1) is 18.2 Å². The van der Waals surface area contributed by atoms with Gasteiger partial charge in [-0.2, -0.15) is 0 Å². The van der Waals surface area contributed by atoms with E-state index in [1.54, 1.807) is 4.40 Å². The first kappa shape index (κ1) is 45.9. The van der Waals surface area contributed by atoms with Crippen LogP contribution in [0.4, 0.5) is 0 Å². The molecule has 4 heterocycles. The van der Waals surface area contributed by atoms with Crippen LogP contribution >= 0.6 is 0 Å². The zero-order chi connectivity index (χ0) is 43.9. The Balaban J connectivity index is 0.000000239. The molecule has 0 N–H and O–H groups in total. The van der Waals surface area contributed by atoms with Crippen LogP contribution in [0.5, 0.6) is 0 Å². The number of pyridine rings is 2. The number of furan rings is 1. The third-order valence-electron chi connectivity index (χ3n) is 11.7. The third-order valence-corrected chi connectivity index (χ3v) is 16.0. The number of imidazole rings is 1. The summed E-state index contributed by atoms with van der Waals surface area (Å²) in [6.45, 7) is 17.7. The minimum atomic E-state index is -1.86. The van der Waals surface area contributed by atoms with E-state index in [0.717, 1.165) is 73.4 Å². The second-order valence-corrected chi connectivity index (χ2v) is 29.3. The smallest absolute Gasteiger partial charge is 0.142 e. The van der Waals surface area contributed by atoms with E-state index in [1.165, 1.54) is 33.5 Å². The Morgan fingerprint density at radius 3 is 2.02 bits per heavy atom. The second kappa shape index (κ2) is 18.9. The van der Waals surface area contributed by atoms with Gasteiger partial charge < -0.3 is 8.98 Å². The molecule has 0 saturated carbocycles. The predicted octanol–water partition coefficient (Wildman–Crippen LogP) is 14.6. The van der Waals surface area contributed by atoms with Crippen LogP contribution < -0.4 is 4.40 Å². The number of aromatic nitrogens is 4. The topological polar surface area (TPSA) is 56.7 Å². The molecule has 4 aromatic heterocycles. The number of hydrogen-bond acceptors (Lipinski definition) is 4. The molecule has 5 aromatic carbocycles. The minimum Gasteiger partial charge on any atom is -0.499 e. The van der Waals surface area contributed by atoms with Gasteiger partial charge in [0, 0.05) is 36.9 Å². The molecule has 0 aliphatic carbocycles. The van der Waals surface area contributed by atoms with Crippen molar-refractivity contribution in [3.8, 4) is 39.5 Å². The van der Waals surface area contributed by atoms with E-state index in [2.05, 4.69) is 178 Å². The third kappa shape index (κ3) is 9.41.